The van der Waals surface area contributed by atoms with Gasteiger partial charge in [0.05, 0.1) is 11.1 Å². The predicted molar refractivity (Wildman–Crippen MR) is 121 cm³/mol. The van der Waals surface area contributed by atoms with Crippen molar-refractivity contribution in [2.24, 2.45) is 0 Å². The zero-order chi connectivity index (χ0) is 21.9. The Balaban J connectivity index is 1.40. The zero-order valence-corrected chi connectivity index (χ0v) is 19.2. The standard InChI is InChI=1S/C22H28N2O5S2/c1-31(26,27)24-11-8-17-5-7-20(30-17)21(25)23-15-22(9-2-3-10-22)16-4-6-18-19(14-16)29-13-12-28-18/h4-7,14,24H,2-3,8-13,15H2,1H3,(H,23,25). The van der Waals surface area contributed by atoms with Crippen LogP contribution in [0.2, 0.25) is 0 Å². The van der Waals surface area contributed by atoms with Gasteiger partial charge in [-0.2, -0.15) is 0 Å². The van der Waals surface area contributed by atoms with Gasteiger partial charge in [0.15, 0.2) is 11.5 Å². The predicted octanol–water partition coefficient (Wildman–Crippen LogP) is 2.85. The summed E-state index contributed by atoms with van der Waals surface area (Å²) in [5.41, 5.74) is 1.10. The van der Waals surface area contributed by atoms with E-state index in [0.29, 0.717) is 37.6 Å². The number of thiophene rings is 1. The van der Waals surface area contributed by atoms with E-state index < -0.39 is 10.0 Å². The quantitative estimate of drug-likeness (QED) is 0.627. The van der Waals surface area contributed by atoms with E-state index in [1.165, 1.54) is 16.9 Å². The Morgan fingerprint density at radius 2 is 1.84 bits per heavy atom. The van der Waals surface area contributed by atoms with Crippen LogP contribution in [-0.2, 0) is 21.9 Å². The summed E-state index contributed by atoms with van der Waals surface area (Å²) in [4.78, 5) is 14.4. The lowest BCUT2D eigenvalue weighted by molar-refractivity contribution is 0.0947. The summed E-state index contributed by atoms with van der Waals surface area (Å²) in [6.07, 6.45) is 6.04. The molecule has 1 amide bonds. The second kappa shape index (κ2) is 9.18. The van der Waals surface area contributed by atoms with Crippen molar-refractivity contribution in [3.8, 4) is 11.5 Å². The molecule has 1 aromatic carbocycles. The van der Waals surface area contributed by atoms with Crippen molar-refractivity contribution in [1.82, 2.24) is 10.0 Å². The number of sulfonamides is 1. The third-order valence-corrected chi connectivity index (χ3v) is 7.80. The highest BCUT2D eigenvalue weighted by Crippen LogP contribution is 2.43. The van der Waals surface area contributed by atoms with Crippen molar-refractivity contribution in [3.63, 3.8) is 0 Å². The molecule has 2 aliphatic rings. The molecule has 2 N–H and O–H groups in total. The number of hydrogen-bond donors (Lipinski definition) is 2. The fourth-order valence-electron chi connectivity index (χ4n) is 4.32. The highest BCUT2D eigenvalue weighted by atomic mass is 32.2. The average molecular weight is 465 g/mol. The van der Waals surface area contributed by atoms with Gasteiger partial charge in [-0.05, 0) is 49.1 Å². The van der Waals surface area contributed by atoms with Crippen LogP contribution >= 0.6 is 11.3 Å². The number of fused-ring (bicyclic) bond motifs is 1. The second-order valence-electron chi connectivity index (χ2n) is 8.21. The van der Waals surface area contributed by atoms with Crippen LogP contribution in [0.5, 0.6) is 11.5 Å². The summed E-state index contributed by atoms with van der Waals surface area (Å²) in [6.45, 7) is 2.03. The fourth-order valence-corrected chi connectivity index (χ4v) is 5.72. The summed E-state index contributed by atoms with van der Waals surface area (Å²) in [5.74, 6) is 1.48. The van der Waals surface area contributed by atoms with Gasteiger partial charge in [-0.1, -0.05) is 18.9 Å². The molecule has 2 aromatic rings. The molecule has 1 aliphatic carbocycles. The van der Waals surface area contributed by atoms with E-state index in [2.05, 4.69) is 22.2 Å². The fraction of sp³-hybridized carbons (Fsp3) is 0.500. The molecule has 1 fully saturated rings. The SMILES string of the molecule is CS(=O)(=O)NCCc1ccc(C(=O)NCC2(c3ccc4c(c3)OCCO4)CCCC2)s1. The van der Waals surface area contributed by atoms with Crippen LogP contribution in [0.1, 0.15) is 45.8 Å². The zero-order valence-electron chi connectivity index (χ0n) is 17.6. The Kier molecular flexibility index (Phi) is 6.55. The lowest BCUT2D eigenvalue weighted by Gasteiger charge is -2.31. The largest absolute Gasteiger partial charge is 0.486 e. The molecule has 1 saturated carbocycles. The molecule has 7 nitrogen and oxygen atoms in total. The molecule has 0 saturated heterocycles. The Labute approximate surface area is 187 Å². The monoisotopic (exact) mass is 464 g/mol. The summed E-state index contributed by atoms with van der Waals surface area (Å²) >= 11 is 1.40. The maximum Gasteiger partial charge on any atom is 0.261 e. The summed E-state index contributed by atoms with van der Waals surface area (Å²) in [5, 5.41) is 3.14. The van der Waals surface area contributed by atoms with Gasteiger partial charge in [0.1, 0.15) is 13.2 Å². The van der Waals surface area contributed by atoms with Gasteiger partial charge in [0.25, 0.3) is 5.91 Å². The number of amides is 1. The maximum absolute atomic E-state index is 12.8. The van der Waals surface area contributed by atoms with Crippen molar-refractivity contribution in [3.05, 3.63) is 45.6 Å². The molecule has 4 rings (SSSR count). The molecule has 0 atom stereocenters. The lowest BCUT2D eigenvalue weighted by atomic mass is 9.78. The number of ether oxygens (including phenoxy) is 2. The van der Waals surface area contributed by atoms with Crippen LogP contribution in [0.4, 0.5) is 0 Å². The van der Waals surface area contributed by atoms with Gasteiger partial charge in [-0.3, -0.25) is 4.79 Å². The minimum atomic E-state index is -3.20. The minimum absolute atomic E-state index is 0.0869. The molecule has 1 aliphatic heterocycles. The third kappa shape index (κ3) is 5.39. The molecule has 168 valence electrons. The van der Waals surface area contributed by atoms with Gasteiger partial charge in [-0.25, -0.2) is 13.1 Å². The van der Waals surface area contributed by atoms with Crippen LogP contribution in [0.3, 0.4) is 0 Å². The Bertz CT molecular complexity index is 1040. The first-order valence-corrected chi connectivity index (χ1v) is 13.3. The third-order valence-electron chi connectivity index (χ3n) is 5.92. The van der Waals surface area contributed by atoms with Crippen molar-refractivity contribution < 1.29 is 22.7 Å². The molecule has 2 heterocycles. The highest BCUT2D eigenvalue weighted by Gasteiger charge is 2.37. The number of rotatable bonds is 8. The van der Waals surface area contributed by atoms with E-state index >= 15 is 0 Å². The molecular weight excluding hydrogens is 436 g/mol. The van der Waals surface area contributed by atoms with Crippen LogP contribution in [-0.4, -0.2) is 46.9 Å². The summed E-state index contributed by atoms with van der Waals surface area (Å²) in [7, 11) is -3.20. The van der Waals surface area contributed by atoms with Crippen molar-refractivity contribution >= 4 is 27.3 Å². The van der Waals surface area contributed by atoms with Crippen LogP contribution in [0.25, 0.3) is 0 Å². The first kappa shape index (κ1) is 22.1. The Morgan fingerprint density at radius 1 is 1.10 bits per heavy atom. The van der Waals surface area contributed by atoms with Crippen LogP contribution in [0.15, 0.2) is 30.3 Å². The molecule has 1 aromatic heterocycles. The van der Waals surface area contributed by atoms with E-state index in [9.17, 15) is 13.2 Å². The maximum atomic E-state index is 12.8. The molecular formula is C22H28N2O5S2. The molecule has 0 radical (unpaired) electrons. The van der Waals surface area contributed by atoms with E-state index in [4.69, 9.17) is 9.47 Å². The van der Waals surface area contributed by atoms with Gasteiger partial charge in [-0.15, -0.1) is 11.3 Å². The van der Waals surface area contributed by atoms with Crippen molar-refractivity contribution in [2.75, 3.05) is 32.6 Å². The number of carbonyl (C=O) groups excluding carboxylic acids is 1. The summed E-state index contributed by atoms with van der Waals surface area (Å²) < 4.78 is 36.3. The van der Waals surface area contributed by atoms with Gasteiger partial charge in [0, 0.05) is 23.4 Å². The van der Waals surface area contributed by atoms with Crippen molar-refractivity contribution in [1.29, 1.82) is 0 Å². The van der Waals surface area contributed by atoms with Crippen LogP contribution < -0.4 is 19.5 Å². The van der Waals surface area contributed by atoms with Gasteiger partial charge in [0.2, 0.25) is 10.0 Å². The topological polar surface area (TPSA) is 93.7 Å². The number of carbonyl (C=O) groups is 1. The van der Waals surface area contributed by atoms with E-state index in [1.807, 2.05) is 12.1 Å². The first-order chi connectivity index (χ1) is 14.8. The van der Waals surface area contributed by atoms with E-state index in [1.54, 1.807) is 6.07 Å². The molecule has 31 heavy (non-hydrogen) atoms. The van der Waals surface area contributed by atoms with E-state index in [-0.39, 0.29) is 11.3 Å². The average Bonchev–Trinajstić information content (AvgIpc) is 3.41. The van der Waals surface area contributed by atoms with Crippen LogP contribution in [0, 0.1) is 0 Å². The lowest BCUT2D eigenvalue weighted by Crippen LogP contribution is -2.38. The Morgan fingerprint density at radius 3 is 2.58 bits per heavy atom. The second-order valence-corrected chi connectivity index (χ2v) is 11.2. The molecule has 0 bridgehead atoms. The Hall–Kier alpha value is -2.10. The molecule has 0 unspecified atom stereocenters. The number of nitrogens with one attached hydrogen (secondary N) is 2. The normalized spacial score (nSPS) is 17.5. The molecule has 0 spiro atoms. The van der Waals surface area contributed by atoms with Crippen molar-refractivity contribution in [2.45, 2.75) is 37.5 Å². The molecule has 9 heteroatoms. The first-order valence-electron chi connectivity index (χ1n) is 10.6. The minimum Gasteiger partial charge on any atom is -0.486 e. The van der Waals surface area contributed by atoms with E-state index in [0.717, 1.165) is 48.3 Å². The summed E-state index contributed by atoms with van der Waals surface area (Å²) in [6, 6.07) is 9.84. The van der Waals surface area contributed by atoms with Gasteiger partial charge >= 0.3 is 0 Å². The highest BCUT2D eigenvalue weighted by molar-refractivity contribution is 7.88. The number of benzene rings is 1. The number of hydrogen-bond acceptors (Lipinski definition) is 6. The smallest absolute Gasteiger partial charge is 0.261 e. The van der Waals surface area contributed by atoms with Gasteiger partial charge < -0.3 is 14.8 Å².